The van der Waals surface area contributed by atoms with Crippen LogP contribution in [0.5, 0.6) is 0 Å². The van der Waals surface area contributed by atoms with Gasteiger partial charge in [0.25, 0.3) is 0 Å². The SMILES string of the molecule is CCC/C(=C/O)C(=O)C(C)(C)[C@@H]1CCc2c(nn(C)c2C#N)C1. The van der Waals surface area contributed by atoms with E-state index in [1.165, 1.54) is 0 Å². The first kappa shape index (κ1) is 17.3. The quantitative estimate of drug-likeness (QED) is 0.668. The van der Waals surface area contributed by atoms with Crippen molar-refractivity contribution >= 4 is 5.78 Å². The van der Waals surface area contributed by atoms with Crippen LogP contribution in [0.2, 0.25) is 0 Å². The fourth-order valence-electron chi connectivity index (χ4n) is 3.57. The zero-order valence-corrected chi connectivity index (χ0v) is 14.4. The average Bonchev–Trinajstić information content (AvgIpc) is 2.85. The van der Waals surface area contributed by atoms with E-state index in [4.69, 9.17) is 0 Å². The monoisotopic (exact) mass is 315 g/mol. The molecule has 0 bridgehead atoms. The topological polar surface area (TPSA) is 78.9 Å². The third-order valence-corrected chi connectivity index (χ3v) is 5.09. The van der Waals surface area contributed by atoms with E-state index in [1.54, 1.807) is 11.7 Å². The number of Topliss-reactive ketones (excluding diaryl/α,β-unsaturated/α-hetero) is 1. The molecule has 1 heterocycles. The number of allylic oxidation sites excluding steroid dienone is 1. The number of nitrogens with zero attached hydrogens (tertiary/aromatic N) is 3. The molecule has 1 aromatic heterocycles. The molecule has 0 amide bonds. The van der Waals surface area contributed by atoms with Crippen LogP contribution in [0.25, 0.3) is 0 Å². The fourth-order valence-corrected chi connectivity index (χ4v) is 3.57. The second-order valence-corrected chi connectivity index (χ2v) is 6.90. The van der Waals surface area contributed by atoms with Crippen molar-refractivity contribution in [3.8, 4) is 6.07 Å². The van der Waals surface area contributed by atoms with E-state index >= 15 is 0 Å². The first-order chi connectivity index (χ1) is 10.9. The molecule has 1 aliphatic rings. The third kappa shape index (κ3) is 3.03. The number of nitriles is 1. The van der Waals surface area contributed by atoms with Gasteiger partial charge in [-0.05, 0) is 31.6 Å². The lowest BCUT2D eigenvalue weighted by Gasteiger charge is -2.35. The van der Waals surface area contributed by atoms with Crippen LogP contribution in [0.3, 0.4) is 0 Å². The average molecular weight is 315 g/mol. The minimum atomic E-state index is -0.550. The first-order valence-corrected chi connectivity index (χ1v) is 8.19. The zero-order valence-electron chi connectivity index (χ0n) is 14.4. The lowest BCUT2D eigenvalue weighted by atomic mass is 9.67. The summed E-state index contributed by atoms with van der Waals surface area (Å²) in [5.74, 6) is 0.183. The summed E-state index contributed by atoms with van der Waals surface area (Å²) in [7, 11) is 1.79. The van der Waals surface area contributed by atoms with E-state index in [1.807, 2.05) is 20.8 Å². The predicted octanol–water partition coefficient (Wildman–Crippen LogP) is 3.23. The number of aromatic nitrogens is 2. The predicted molar refractivity (Wildman–Crippen MR) is 87.8 cm³/mol. The van der Waals surface area contributed by atoms with Crippen molar-refractivity contribution in [2.24, 2.45) is 18.4 Å². The number of rotatable bonds is 5. The highest BCUT2D eigenvalue weighted by molar-refractivity contribution is 5.99. The van der Waals surface area contributed by atoms with Crippen LogP contribution in [-0.4, -0.2) is 20.7 Å². The second kappa shape index (κ2) is 6.57. The third-order valence-electron chi connectivity index (χ3n) is 5.09. The normalized spacial score (nSPS) is 18.4. The van der Waals surface area contributed by atoms with Crippen LogP contribution < -0.4 is 0 Å². The van der Waals surface area contributed by atoms with E-state index < -0.39 is 5.41 Å². The molecular weight excluding hydrogens is 290 g/mol. The second-order valence-electron chi connectivity index (χ2n) is 6.90. The maximum Gasteiger partial charge on any atom is 0.167 e. The largest absolute Gasteiger partial charge is 0.515 e. The fraction of sp³-hybridized carbons (Fsp3) is 0.611. The highest BCUT2D eigenvalue weighted by atomic mass is 16.2. The van der Waals surface area contributed by atoms with Crippen molar-refractivity contribution in [2.75, 3.05) is 0 Å². The number of aliphatic hydroxyl groups is 1. The molecule has 0 aliphatic heterocycles. The maximum atomic E-state index is 12.8. The van der Waals surface area contributed by atoms with Crippen molar-refractivity contribution in [3.05, 3.63) is 28.8 Å². The molecule has 5 heteroatoms. The van der Waals surface area contributed by atoms with Gasteiger partial charge in [-0.3, -0.25) is 9.48 Å². The molecule has 1 N–H and O–H groups in total. The van der Waals surface area contributed by atoms with Gasteiger partial charge < -0.3 is 5.11 Å². The van der Waals surface area contributed by atoms with Crippen LogP contribution in [0.4, 0.5) is 0 Å². The van der Waals surface area contributed by atoms with Crippen molar-refractivity contribution < 1.29 is 9.90 Å². The number of aryl methyl sites for hydroxylation is 1. The number of ketones is 1. The number of hydrogen-bond acceptors (Lipinski definition) is 4. The van der Waals surface area contributed by atoms with Gasteiger partial charge in [0.15, 0.2) is 5.78 Å². The van der Waals surface area contributed by atoms with Crippen LogP contribution in [-0.2, 0) is 24.7 Å². The van der Waals surface area contributed by atoms with Gasteiger partial charge in [0.2, 0.25) is 0 Å². The molecule has 0 saturated heterocycles. The van der Waals surface area contributed by atoms with Crippen molar-refractivity contribution in [1.82, 2.24) is 9.78 Å². The Morgan fingerprint density at radius 3 is 2.83 bits per heavy atom. The van der Waals surface area contributed by atoms with E-state index in [2.05, 4.69) is 11.2 Å². The summed E-state index contributed by atoms with van der Waals surface area (Å²) in [5, 5.41) is 23.1. The number of carbonyl (C=O) groups is 1. The van der Waals surface area contributed by atoms with E-state index in [-0.39, 0.29) is 11.7 Å². The lowest BCUT2D eigenvalue weighted by Crippen LogP contribution is -2.37. The molecule has 23 heavy (non-hydrogen) atoms. The highest BCUT2D eigenvalue weighted by Gasteiger charge is 2.40. The Labute approximate surface area is 137 Å². The van der Waals surface area contributed by atoms with Gasteiger partial charge in [-0.15, -0.1) is 0 Å². The van der Waals surface area contributed by atoms with Crippen molar-refractivity contribution in [2.45, 2.75) is 52.9 Å². The summed E-state index contributed by atoms with van der Waals surface area (Å²) in [5.41, 5.74) is 2.55. The minimum Gasteiger partial charge on any atom is -0.515 e. The smallest absolute Gasteiger partial charge is 0.167 e. The summed E-state index contributed by atoms with van der Waals surface area (Å²) in [4.78, 5) is 12.8. The molecule has 0 saturated carbocycles. The zero-order chi connectivity index (χ0) is 17.2. The summed E-state index contributed by atoms with van der Waals surface area (Å²) in [6, 6.07) is 2.22. The van der Waals surface area contributed by atoms with Gasteiger partial charge in [-0.25, -0.2) is 0 Å². The van der Waals surface area contributed by atoms with Gasteiger partial charge in [-0.1, -0.05) is 27.2 Å². The molecule has 0 fully saturated rings. The Hall–Kier alpha value is -2.09. The van der Waals surface area contributed by atoms with Crippen LogP contribution in [0, 0.1) is 22.7 Å². The number of carbonyl (C=O) groups excluding carboxylic acids is 1. The molecular formula is C18H25N3O2. The Balaban J connectivity index is 2.26. The van der Waals surface area contributed by atoms with Crippen LogP contribution in [0.1, 0.15) is 57.0 Å². The van der Waals surface area contributed by atoms with E-state index in [9.17, 15) is 15.2 Å². The van der Waals surface area contributed by atoms with E-state index in [0.717, 1.165) is 36.8 Å². The molecule has 1 aliphatic carbocycles. The Morgan fingerprint density at radius 1 is 1.57 bits per heavy atom. The molecule has 0 spiro atoms. The van der Waals surface area contributed by atoms with Gasteiger partial charge in [0.05, 0.1) is 12.0 Å². The molecule has 0 unspecified atom stereocenters. The molecule has 5 nitrogen and oxygen atoms in total. The molecule has 0 radical (unpaired) electrons. The highest BCUT2D eigenvalue weighted by Crippen LogP contribution is 2.40. The Morgan fingerprint density at radius 2 is 2.26 bits per heavy atom. The van der Waals surface area contributed by atoms with Crippen LogP contribution in [0.15, 0.2) is 11.8 Å². The standard InChI is InChI=1S/C18H25N3O2/c1-5-6-12(11-22)17(23)18(2,3)13-7-8-14-15(9-13)20-21(4)16(14)10-19/h11,13,22H,5-9H2,1-4H3/b12-11-/t13-/m1/s1. The Bertz CT molecular complexity index is 677. The lowest BCUT2D eigenvalue weighted by molar-refractivity contribution is -0.126. The summed E-state index contributed by atoms with van der Waals surface area (Å²) in [6.45, 7) is 5.91. The molecule has 124 valence electrons. The van der Waals surface area contributed by atoms with Gasteiger partial charge in [-0.2, -0.15) is 10.4 Å². The minimum absolute atomic E-state index is 0.0201. The van der Waals surface area contributed by atoms with Crippen molar-refractivity contribution in [3.63, 3.8) is 0 Å². The summed E-state index contributed by atoms with van der Waals surface area (Å²) in [6.07, 6.45) is 4.73. The summed E-state index contributed by atoms with van der Waals surface area (Å²) < 4.78 is 1.64. The van der Waals surface area contributed by atoms with Gasteiger partial charge >= 0.3 is 0 Å². The first-order valence-electron chi connectivity index (χ1n) is 8.19. The van der Waals surface area contributed by atoms with Gasteiger partial charge in [0, 0.05) is 23.6 Å². The van der Waals surface area contributed by atoms with Gasteiger partial charge in [0.1, 0.15) is 11.8 Å². The summed E-state index contributed by atoms with van der Waals surface area (Å²) >= 11 is 0. The van der Waals surface area contributed by atoms with Crippen molar-refractivity contribution in [1.29, 1.82) is 5.26 Å². The number of aliphatic hydroxyl groups excluding tert-OH is 1. The molecule has 0 aromatic carbocycles. The van der Waals surface area contributed by atoms with E-state index in [0.29, 0.717) is 24.1 Å². The molecule has 2 rings (SSSR count). The molecule has 1 aromatic rings. The maximum absolute atomic E-state index is 12.8. The Kier molecular flexibility index (Phi) is 4.93. The number of fused-ring (bicyclic) bond motifs is 1. The number of hydrogen-bond donors (Lipinski definition) is 1. The van der Waals surface area contributed by atoms with Crippen LogP contribution >= 0.6 is 0 Å². The molecule has 1 atom stereocenters.